The number of hydrogen-bond acceptors (Lipinski definition) is 4. The van der Waals surface area contributed by atoms with Crippen molar-refractivity contribution in [1.29, 1.82) is 0 Å². The number of nitrogens with zero attached hydrogens (tertiary/aromatic N) is 2. The first-order valence-corrected chi connectivity index (χ1v) is 10.2. The van der Waals surface area contributed by atoms with Crippen molar-refractivity contribution >= 4 is 45.7 Å². The molecule has 4 nitrogen and oxygen atoms in total. The standard InChI is InChI=1S/C20H16IN3OS/c21-17-2-1-15-10-23-12-16(19(15)8-17)11-22-9-14-3-5-24(20(25)7-14)18-4-6-26-13-18/h1-8,10-11,13,22H,9,12H2/b16-11+. The second-order valence-corrected chi connectivity index (χ2v) is 8.00. The fourth-order valence-corrected chi connectivity index (χ4v) is 4.02. The molecule has 1 aromatic carbocycles. The minimum atomic E-state index is -0.0162. The quantitative estimate of drug-likeness (QED) is 0.581. The first kappa shape index (κ1) is 17.2. The summed E-state index contributed by atoms with van der Waals surface area (Å²) in [6.45, 7) is 1.27. The van der Waals surface area contributed by atoms with E-state index >= 15 is 0 Å². The molecule has 130 valence electrons. The summed E-state index contributed by atoms with van der Waals surface area (Å²) in [4.78, 5) is 16.7. The number of pyridine rings is 1. The molecule has 1 N–H and O–H groups in total. The topological polar surface area (TPSA) is 46.4 Å². The Balaban J connectivity index is 1.50. The Morgan fingerprint density at radius 3 is 3.00 bits per heavy atom. The molecule has 4 rings (SSSR count). The minimum absolute atomic E-state index is 0.0162. The van der Waals surface area contributed by atoms with Crippen LogP contribution in [-0.4, -0.2) is 17.3 Å². The Kier molecular flexibility index (Phi) is 5.03. The summed E-state index contributed by atoms with van der Waals surface area (Å²) in [7, 11) is 0. The van der Waals surface area contributed by atoms with Gasteiger partial charge in [0.05, 0.1) is 12.2 Å². The molecule has 0 fully saturated rings. The van der Waals surface area contributed by atoms with Crippen LogP contribution in [0.1, 0.15) is 16.7 Å². The lowest BCUT2D eigenvalue weighted by molar-refractivity contribution is 0.854. The van der Waals surface area contributed by atoms with Gasteiger partial charge in [0.25, 0.3) is 5.56 Å². The normalized spacial score (nSPS) is 14.4. The molecule has 26 heavy (non-hydrogen) atoms. The third kappa shape index (κ3) is 3.66. The molecule has 3 heterocycles. The molecule has 0 bridgehead atoms. The molecule has 0 saturated carbocycles. The van der Waals surface area contributed by atoms with Gasteiger partial charge in [0.1, 0.15) is 0 Å². The van der Waals surface area contributed by atoms with Gasteiger partial charge in [-0.15, -0.1) is 0 Å². The second kappa shape index (κ2) is 7.59. The van der Waals surface area contributed by atoms with Gasteiger partial charge < -0.3 is 5.32 Å². The molecular formula is C20H16IN3OS. The van der Waals surface area contributed by atoms with Crippen LogP contribution in [-0.2, 0) is 6.54 Å². The average Bonchev–Trinajstić information content (AvgIpc) is 3.16. The van der Waals surface area contributed by atoms with Crippen molar-refractivity contribution in [1.82, 2.24) is 9.88 Å². The van der Waals surface area contributed by atoms with Crippen LogP contribution in [0.25, 0.3) is 11.3 Å². The van der Waals surface area contributed by atoms with Crippen LogP contribution in [0, 0.1) is 3.57 Å². The van der Waals surface area contributed by atoms with Crippen LogP contribution >= 0.6 is 33.9 Å². The van der Waals surface area contributed by atoms with Crippen molar-refractivity contribution in [2.45, 2.75) is 6.54 Å². The summed E-state index contributed by atoms with van der Waals surface area (Å²) < 4.78 is 2.87. The van der Waals surface area contributed by atoms with Crippen LogP contribution in [0.3, 0.4) is 0 Å². The van der Waals surface area contributed by atoms with Crippen LogP contribution in [0.2, 0.25) is 0 Å². The van der Waals surface area contributed by atoms with Crippen molar-refractivity contribution in [2.24, 2.45) is 4.99 Å². The van der Waals surface area contributed by atoms with Crippen molar-refractivity contribution in [3.63, 3.8) is 0 Å². The van der Waals surface area contributed by atoms with E-state index < -0.39 is 0 Å². The number of aliphatic imine (C=N–C) groups is 1. The Morgan fingerprint density at radius 2 is 2.19 bits per heavy atom. The van der Waals surface area contributed by atoms with Gasteiger partial charge in [0, 0.05) is 40.2 Å². The van der Waals surface area contributed by atoms with E-state index in [9.17, 15) is 4.79 Å². The molecule has 0 saturated heterocycles. The average molecular weight is 473 g/mol. The van der Waals surface area contributed by atoms with Crippen LogP contribution < -0.4 is 10.9 Å². The van der Waals surface area contributed by atoms with E-state index in [4.69, 9.17) is 0 Å². The van der Waals surface area contributed by atoms with Crippen LogP contribution in [0.4, 0.5) is 0 Å². The fourth-order valence-electron chi connectivity index (χ4n) is 2.90. The highest BCUT2D eigenvalue weighted by atomic mass is 127. The first-order valence-electron chi connectivity index (χ1n) is 8.17. The van der Waals surface area contributed by atoms with Gasteiger partial charge in [-0.05, 0) is 74.5 Å². The van der Waals surface area contributed by atoms with E-state index in [-0.39, 0.29) is 5.56 Å². The van der Waals surface area contributed by atoms with Gasteiger partial charge in [-0.25, -0.2) is 0 Å². The second-order valence-electron chi connectivity index (χ2n) is 5.98. The van der Waals surface area contributed by atoms with E-state index in [1.165, 1.54) is 9.13 Å². The smallest absolute Gasteiger partial charge is 0.255 e. The van der Waals surface area contributed by atoms with E-state index in [1.54, 1.807) is 22.0 Å². The first-order chi connectivity index (χ1) is 12.7. The highest BCUT2D eigenvalue weighted by Crippen LogP contribution is 2.24. The molecule has 1 aliphatic heterocycles. The van der Waals surface area contributed by atoms with Crippen LogP contribution in [0.15, 0.2) is 69.3 Å². The number of nitrogens with one attached hydrogen (secondary N) is 1. The van der Waals surface area contributed by atoms with Gasteiger partial charge in [-0.2, -0.15) is 11.3 Å². The van der Waals surface area contributed by atoms with Gasteiger partial charge in [0.15, 0.2) is 0 Å². The monoisotopic (exact) mass is 473 g/mol. The number of thiophene rings is 1. The third-order valence-corrected chi connectivity index (χ3v) is 5.55. The molecule has 0 atom stereocenters. The van der Waals surface area contributed by atoms with E-state index in [1.807, 2.05) is 41.5 Å². The third-order valence-electron chi connectivity index (χ3n) is 4.20. The Hall–Kier alpha value is -2.19. The zero-order valence-electron chi connectivity index (χ0n) is 13.9. The summed E-state index contributed by atoms with van der Waals surface area (Å²) in [5.74, 6) is 0. The summed E-state index contributed by atoms with van der Waals surface area (Å²) in [5.41, 5.74) is 5.37. The SMILES string of the molecule is O=c1cc(CN/C=C2\CN=Cc3ccc(I)cc32)ccn1-c1ccsc1. The van der Waals surface area contributed by atoms with Gasteiger partial charge in [-0.3, -0.25) is 14.4 Å². The van der Waals surface area contributed by atoms with Crippen molar-refractivity contribution in [3.05, 3.63) is 90.2 Å². The molecule has 2 aromatic heterocycles. The maximum absolute atomic E-state index is 12.3. The zero-order chi connectivity index (χ0) is 17.9. The van der Waals surface area contributed by atoms with Crippen molar-refractivity contribution in [3.8, 4) is 5.69 Å². The lowest BCUT2D eigenvalue weighted by atomic mass is 9.99. The molecule has 0 unspecified atom stereocenters. The predicted molar refractivity (Wildman–Crippen MR) is 116 cm³/mol. The summed E-state index contributed by atoms with van der Waals surface area (Å²) in [6.07, 6.45) is 5.76. The molecular weight excluding hydrogens is 457 g/mol. The molecule has 1 aliphatic rings. The summed E-state index contributed by atoms with van der Waals surface area (Å²) in [5, 5.41) is 7.26. The Bertz CT molecular complexity index is 1050. The highest BCUT2D eigenvalue weighted by Gasteiger charge is 2.11. The molecule has 0 aliphatic carbocycles. The summed E-state index contributed by atoms with van der Waals surface area (Å²) in [6, 6.07) is 12.0. The number of fused-ring (bicyclic) bond motifs is 1. The molecule has 6 heteroatoms. The van der Waals surface area contributed by atoms with Crippen LogP contribution in [0.5, 0.6) is 0 Å². The molecule has 3 aromatic rings. The number of rotatable bonds is 4. The van der Waals surface area contributed by atoms with E-state index in [2.05, 4.69) is 51.1 Å². The van der Waals surface area contributed by atoms with E-state index in [0.717, 1.165) is 22.4 Å². The minimum Gasteiger partial charge on any atom is -0.387 e. The number of halogens is 1. The Labute approximate surface area is 169 Å². The van der Waals surface area contributed by atoms with Gasteiger partial charge in [-0.1, -0.05) is 6.07 Å². The number of aromatic nitrogens is 1. The van der Waals surface area contributed by atoms with Crippen molar-refractivity contribution in [2.75, 3.05) is 6.54 Å². The van der Waals surface area contributed by atoms with Gasteiger partial charge in [0.2, 0.25) is 0 Å². The van der Waals surface area contributed by atoms with E-state index in [0.29, 0.717) is 13.1 Å². The highest BCUT2D eigenvalue weighted by molar-refractivity contribution is 14.1. The van der Waals surface area contributed by atoms with Gasteiger partial charge >= 0.3 is 0 Å². The molecule has 0 spiro atoms. The molecule has 0 radical (unpaired) electrons. The maximum atomic E-state index is 12.3. The largest absolute Gasteiger partial charge is 0.387 e. The maximum Gasteiger partial charge on any atom is 0.255 e. The Morgan fingerprint density at radius 1 is 1.27 bits per heavy atom. The summed E-state index contributed by atoms with van der Waals surface area (Å²) >= 11 is 3.91. The fraction of sp³-hybridized carbons (Fsp3) is 0.100. The number of hydrogen-bond donors (Lipinski definition) is 1. The lowest BCUT2D eigenvalue weighted by Gasteiger charge is -2.14. The zero-order valence-corrected chi connectivity index (χ0v) is 16.8. The molecule has 0 amide bonds. The number of benzene rings is 1. The lowest BCUT2D eigenvalue weighted by Crippen LogP contribution is -2.18. The predicted octanol–water partition coefficient (Wildman–Crippen LogP) is 4.07. The van der Waals surface area contributed by atoms with Crippen molar-refractivity contribution < 1.29 is 0 Å².